The van der Waals surface area contributed by atoms with E-state index in [0.29, 0.717) is 17.2 Å². The van der Waals surface area contributed by atoms with E-state index in [4.69, 9.17) is 17.0 Å². The Balaban J connectivity index is 1.47. The van der Waals surface area contributed by atoms with Gasteiger partial charge in [-0.3, -0.25) is 0 Å². The summed E-state index contributed by atoms with van der Waals surface area (Å²) in [4.78, 5) is 2.05. The van der Waals surface area contributed by atoms with Gasteiger partial charge in [-0.05, 0) is 71.9 Å². The highest BCUT2D eigenvalue weighted by molar-refractivity contribution is 7.71. The van der Waals surface area contributed by atoms with Crippen LogP contribution in [0.1, 0.15) is 11.1 Å². The third-order valence-electron chi connectivity index (χ3n) is 4.74. The Morgan fingerprint density at radius 1 is 1.00 bits per heavy atom. The van der Waals surface area contributed by atoms with Gasteiger partial charge in [-0.15, -0.1) is 0 Å². The van der Waals surface area contributed by atoms with Crippen LogP contribution < -0.4 is 9.64 Å². The van der Waals surface area contributed by atoms with Crippen molar-refractivity contribution in [3.63, 3.8) is 0 Å². The lowest BCUT2D eigenvalue weighted by Crippen LogP contribution is -2.08. The number of hydrogen-bond acceptors (Lipinski definition) is 5. The molecule has 1 aromatic heterocycles. The van der Waals surface area contributed by atoms with E-state index in [0.717, 1.165) is 28.1 Å². The maximum Gasteiger partial charge on any atom is 0.216 e. The predicted molar refractivity (Wildman–Crippen MR) is 127 cm³/mol. The number of nitrogens with zero attached hydrogens (tertiary/aromatic N) is 4. The molecular weight excluding hydrogens is 406 g/mol. The molecule has 3 aromatic carbocycles. The zero-order chi connectivity index (χ0) is 21.6. The third kappa shape index (κ3) is 5.07. The van der Waals surface area contributed by atoms with Crippen molar-refractivity contribution < 1.29 is 4.74 Å². The number of anilines is 1. The van der Waals surface area contributed by atoms with Crippen molar-refractivity contribution in [1.82, 2.24) is 14.9 Å². The maximum absolute atomic E-state index is 5.84. The first-order valence-corrected chi connectivity index (χ1v) is 10.3. The molecule has 0 aliphatic carbocycles. The van der Waals surface area contributed by atoms with Gasteiger partial charge in [0, 0.05) is 25.3 Å². The van der Waals surface area contributed by atoms with Gasteiger partial charge in [0.15, 0.2) is 5.82 Å². The van der Waals surface area contributed by atoms with E-state index >= 15 is 0 Å². The van der Waals surface area contributed by atoms with E-state index in [1.165, 1.54) is 0 Å². The van der Waals surface area contributed by atoms with Gasteiger partial charge in [0.1, 0.15) is 12.4 Å². The van der Waals surface area contributed by atoms with Crippen LogP contribution in [-0.2, 0) is 6.61 Å². The van der Waals surface area contributed by atoms with Crippen molar-refractivity contribution in [1.29, 1.82) is 0 Å². The molecule has 0 bridgehead atoms. The minimum Gasteiger partial charge on any atom is -0.489 e. The number of benzene rings is 3. The van der Waals surface area contributed by atoms with Crippen molar-refractivity contribution in [3.8, 4) is 17.1 Å². The van der Waals surface area contributed by atoms with Gasteiger partial charge < -0.3 is 9.64 Å². The standard InChI is InChI=1S/C24H23N5OS/c1-28(2)21-12-10-20(11-13-21)23-26-27-24(31)29(23)25-16-18-8-14-22(15-9-18)30-17-19-6-4-3-5-7-19/h3-16H,17H2,1-2H3,(H,27,31)/b25-16-. The summed E-state index contributed by atoms with van der Waals surface area (Å²) < 4.78 is 7.90. The highest BCUT2D eigenvalue weighted by Gasteiger charge is 2.08. The van der Waals surface area contributed by atoms with Crippen molar-refractivity contribution in [2.24, 2.45) is 5.10 Å². The van der Waals surface area contributed by atoms with E-state index in [2.05, 4.69) is 15.3 Å². The van der Waals surface area contributed by atoms with Crippen LogP contribution >= 0.6 is 12.2 Å². The molecule has 1 heterocycles. The molecule has 4 aromatic rings. The molecule has 0 radical (unpaired) electrons. The molecule has 6 nitrogen and oxygen atoms in total. The minimum atomic E-state index is 0.436. The zero-order valence-corrected chi connectivity index (χ0v) is 18.2. The van der Waals surface area contributed by atoms with E-state index in [-0.39, 0.29) is 0 Å². The number of rotatable bonds is 7. The van der Waals surface area contributed by atoms with Gasteiger partial charge in [-0.1, -0.05) is 30.3 Å². The summed E-state index contributed by atoms with van der Waals surface area (Å²) >= 11 is 5.36. The molecule has 7 heteroatoms. The highest BCUT2D eigenvalue weighted by atomic mass is 32.1. The summed E-state index contributed by atoms with van der Waals surface area (Å²) in [6, 6.07) is 25.9. The monoisotopic (exact) mass is 429 g/mol. The van der Waals surface area contributed by atoms with Crippen LogP contribution in [0.4, 0.5) is 5.69 Å². The molecule has 0 fully saturated rings. The first-order chi connectivity index (χ1) is 15.1. The summed E-state index contributed by atoms with van der Waals surface area (Å²) in [7, 11) is 4.01. The lowest BCUT2D eigenvalue weighted by Gasteiger charge is -2.12. The van der Waals surface area contributed by atoms with Crippen molar-refractivity contribution in [2.45, 2.75) is 6.61 Å². The molecule has 0 spiro atoms. The van der Waals surface area contributed by atoms with Crippen molar-refractivity contribution >= 4 is 24.1 Å². The second-order valence-electron chi connectivity index (χ2n) is 7.19. The van der Waals surface area contributed by atoms with Gasteiger partial charge >= 0.3 is 0 Å². The van der Waals surface area contributed by atoms with E-state index in [1.807, 2.05) is 97.9 Å². The van der Waals surface area contributed by atoms with Crippen LogP contribution in [0.2, 0.25) is 0 Å². The first kappa shape index (κ1) is 20.6. The van der Waals surface area contributed by atoms with Crippen molar-refractivity contribution in [2.75, 3.05) is 19.0 Å². The quantitative estimate of drug-likeness (QED) is 0.327. The van der Waals surface area contributed by atoms with E-state index in [1.54, 1.807) is 10.9 Å². The zero-order valence-electron chi connectivity index (χ0n) is 17.4. The fraction of sp³-hybridized carbons (Fsp3) is 0.125. The van der Waals surface area contributed by atoms with Gasteiger partial charge in [0.2, 0.25) is 4.77 Å². The van der Waals surface area contributed by atoms with Crippen LogP contribution in [0, 0.1) is 4.77 Å². The highest BCUT2D eigenvalue weighted by Crippen LogP contribution is 2.21. The fourth-order valence-corrected chi connectivity index (χ4v) is 3.19. The second-order valence-corrected chi connectivity index (χ2v) is 7.58. The average Bonchev–Trinajstić information content (AvgIpc) is 3.18. The topological polar surface area (TPSA) is 58.4 Å². The van der Waals surface area contributed by atoms with E-state index in [9.17, 15) is 0 Å². The Bertz CT molecular complexity index is 1210. The maximum atomic E-state index is 5.84. The van der Waals surface area contributed by atoms with Gasteiger partial charge in [0.05, 0.1) is 6.21 Å². The SMILES string of the molecule is CN(C)c1ccc(-c2n[nH]c(=S)n2/N=C\c2ccc(OCc3ccccc3)cc2)cc1. The third-order valence-corrected chi connectivity index (χ3v) is 5.01. The molecule has 0 aliphatic rings. The lowest BCUT2D eigenvalue weighted by atomic mass is 10.2. The Hall–Kier alpha value is -3.71. The Kier molecular flexibility index (Phi) is 6.24. The number of ether oxygens (including phenoxy) is 1. The summed E-state index contributed by atoms with van der Waals surface area (Å²) in [6.45, 7) is 0.536. The average molecular weight is 430 g/mol. The van der Waals surface area contributed by atoms with Crippen LogP contribution in [-0.4, -0.2) is 35.2 Å². The first-order valence-electron chi connectivity index (χ1n) is 9.86. The van der Waals surface area contributed by atoms with Crippen molar-refractivity contribution in [3.05, 3.63) is 94.8 Å². The van der Waals surface area contributed by atoms with Crippen LogP contribution in [0.15, 0.2) is 84.0 Å². The Morgan fingerprint density at radius 2 is 1.71 bits per heavy atom. The molecule has 4 rings (SSSR count). The molecular formula is C24H23N5OS. The summed E-state index contributed by atoms with van der Waals surface area (Å²) in [5.41, 5.74) is 4.11. The molecule has 0 amide bonds. The normalized spacial score (nSPS) is 11.0. The molecule has 0 saturated carbocycles. The number of nitrogens with one attached hydrogen (secondary N) is 1. The van der Waals surface area contributed by atoms with Gasteiger partial charge in [0.25, 0.3) is 0 Å². The summed E-state index contributed by atoms with van der Waals surface area (Å²) in [5.74, 6) is 1.47. The molecule has 31 heavy (non-hydrogen) atoms. The van der Waals surface area contributed by atoms with Gasteiger partial charge in [-0.25, -0.2) is 5.10 Å². The van der Waals surface area contributed by atoms with Crippen LogP contribution in [0.5, 0.6) is 5.75 Å². The molecule has 0 atom stereocenters. The molecule has 1 N–H and O–H groups in total. The summed E-state index contributed by atoms with van der Waals surface area (Å²) in [5, 5.41) is 11.7. The Labute approximate surface area is 186 Å². The predicted octanol–water partition coefficient (Wildman–Crippen LogP) is 5.13. The molecule has 0 saturated heterocycles. The van der Waals surface area contributed by atoms with Crippen LogP contribution in [0.25, 0.3) is 11.4 Å². The number of aromatic amines is 1. The lowest BCUT2D eigenvalue weighted by molar-refractivity contribution is 0.306. The number of aromatic nitrogens is 3. The van der Waals surface area contributed by atoms with E-state index < -0.39 is 0 Å². The molecule has 0 unspecified atom stereocenters. The molecule has 0 aliphatic heterocycles. The smallest absolute Gasteiger partial charge is 0.216 e. The Morgan fingerprint density at radius 3 is 2.39 bits per heavy atom. The van der Waals surface area contributed by atoms with Gasteiger partial charge in [-0.2, -0.15) is 14.9 Å². The molecule has 156 valence electrons. The largest absolute Gasteiger partial charge is 0.489 e. The fourth-order valence-electron chi connectivity index (χ4n) is 3.01. The van der Waals surface area contributed by atoms with Crippen LogP contribution in [0.3, 0.4) is 0 Å². The second kappa shape index (κ2) is 9.40. The number of H-pyrrole nitrogens is 1. The minimum absolute atomic E-state index is 0.436. The number of hydrogen-bond donors (Lipinski definition) is 1. The summed E-state index contributed by atoms with van der Waals surface area (Å²) in [6.07, 6.45) is 1.75.